The summed E-state index contributed by atoms with van der Waals surface area (Å²) in [7, 11) is -2.65. The standard InChI is InChI=1S/C16H18N4O5S/c1-12-7-9-13(10-8-12)26(23,24)18-15-6-4-3-5-14(15)17-16(21)11-20(22)19-25-2/h3-10,18H,11H2,1-2H3,(H,17,21)/b20-19-. The number of nitrogens with one attached hydrogen (secondary N) is 2. The average Bonchev–Trinajstić information content (AvgIpc) is 2.57. The molecule has 9 nitrogen and oxygen atoms in total. The summed E-state index contributed by atoms with van der Waals surface area (Å²) in [6.45, 7) is 1.25. The number of anilines is 2. The van der Waals surface area contributed by atoms with Gasteiger partial charge in [-0.05, 0) is 36.0 Å². The molecule has 0 spiro atoms. The van der Waals surface area contributed by atoms with Crippen LogP contribution in [-0.2, 0) is 19.7 Å². The summed E-state index contributed by atoms with van der Waals surface area (Å²) in [5.74, 6) is -0.678. The number of aryl methyl sites for hydroxylation is 1. The number of carbonyl (C=O) groups excluding carboxylic acids is 1. The van der Waals surface area contributed by atoms with E-state index in [1.807, 2.05) is 6.92 Å². The highest BCUT2D eigenvalue weighted by Crippen LogP contribution is 2.24. The van der Waals surface area contributed by atoms with Crippen LogP contribution in [0.5, 0.6) is 0 Å². The number of hydroxylamine groups is 1. The third-order valence-corrected chi connectivity index (χ3v) is 4.61. The fourth-order valence-corrected chi connectivity index (χ4v) is 3.11. The maximum atomic E-state index is 12.5. The van der Waals surface area contributed by atoms with Crippen molar-refractivity contribution in [1.82, 2.24) is 0 Å². The lowest BCUT2D eigenvalue weighted by atomic mass is 10.2. The van der Waals surface area contributed by atoms with Gasteiger partial charge in [0.05, 0.1) is 16.3 Å². The van der Waals surface area contributed by atoms with Crippen LogP contribution in [0, 0.1) is 12.1 Å². The van der Waals surface area contributed by atoms with Gasteiger partial charge in [-0.3, -0.25) is 9.52 Å². The number of benzene rings is 2. The van der Waals surface area contributed by atoms with Crippen LogP contribution in [0.3, 0.4) is 0 Å². The van der Waals surface area contributed by atoms with Crippen molar-refractivity contribution in [2.24, 2.45) is 5.28 Å². The first kappa shape index (κ1) is 19.2. The Labute approximate surface area is 150 Å². The van der Waals surface area contributed by atoms with Crippen molar-refractivity contribution in [2.45, 2.75) is 11.8 Å². The van der Waals surface area contributed by atoms with Crippen molar-refractivity contribution in [3.63, 3.8) is 0 Å². The number of amides is 1. The van der Waals surface area contributed by atoms with E-state index in [1.54, 1.807) is 24.3 Å². The lowest BCUT2D eigenvalue weighted by molar-refractivity contribution is -0.546. The number of para-hydroxylation sites is 2. The molecule has 0 aliphatic rings. The van der Waals surface area contributed by atoms with Crippen molar-refractivity contribution in [2.75, 3.05) is 23.7 Å². The highest BCUT2D eigenvalue weighted by molar-refractivity contribution is 7.92. The lowest BCUT2D eigenvalue weighted by Gasteiger charge is -2.13. The monoisotopic (exact) mass is 378 g/mol. The zero-order valence-electron chi connectivity index (χ0n) is 14.2. The van der Waals surface area contributed by atoms with E-state index in [9.17, 15) is 18.4 Å². The second-order valence-corrected chi connectivity index (χ2v) is 6.97. The largest absolute Gasteiger partial charge is 0.597 e. The number of hydrogen-bond donors (Lipinski definition) is 2. The number of hydrogen-bond acceptors (Lipinski definition) is 6. The van der Waals surface area contributed by atoms with Crippen LogP contribution in [-0.4, -0.2) is 32.8 Å². The second kappa shape index (κ2) is 8.30. The van der Waals surface area contributed by atoms with Crippen LogP contribution in [0.2, 0.25) is 0 Å². The molecule has 0 saturated carbocycles. The van der Waals surface area contributed by atoms with Gasteiger partial charge in [0.1, 0.15) is 7.11 Å². The van der Waals surface area contributed by atoms with Gasteiger partial charge in [-0.15, -0.1) is 0 Å². The molecule has 0 unspecified atom stereocenters. The predicted octanol–water partition coefficient (Wildman–Crippen LogP) is 2.26. The predicted molar refractivity (Wildman–Crippen MR) is 95.0 cm³/mol. The zero-order chi connectivity index (χ0) is 19.2. The Bertz CT molecular complexity index is 910. The van der Waals surface area contributed by atoms with Gasteiger partial charge in [0.15, 0.2) is 5.28 Å². The zero-order valence-corrected chi connectivity index (χ0v) is 15.0. The van der Waals surface area contributed by atoms with E-state index in [4.69, 9.17) is 0 Å². The molecule has 0 aliphatic heterocycles. The number of carbonyl (C=O) groups is 1. The number of rotatable bonds is 7. The minimum atomic E-state index is -3.83. The van der Waals surface area contributed by atoms with Gasteiger partial charge >= 0.3 is 0 Å². The Morgan fingerprint density at radius 2 is 1.77 bits per heavy atom. The molecule has 2 N–H and O–H groups in total. The first-order valence-corrected chi connectivity index (χ1v) is 8.97. The first-order chi connectivity index (χ1) is 12.3. The van der Waals surface area contributed by atoms with Crippen LogP contribution in [0.15, 0.2) is 58.7 Å². The summed E-state index contributed by atoms with van der Waals surface area (Å²) in [6.07, 6.45) is 0. The van der Waals surface area contributed by atoms with E-state index in [0.717, 1.165) is 5.56 Å². The van der Waals surface area contributed by atoms with Crippen molar-refractivity contribution >= 4 is 27.3 Å². The molecule has 0 atom stereocenters. The van der Waals surface area contributed by atoms with Crippen LogP contribution < -0.4 is 10.0 Å². The molecule has 26 heavy (non-hydrogen) atoms. The maximum absolute atomic E-state index is 12.5. The molecule has 2 rings (SSSR count). The minimum absolute atomic E-state index is 0.0639. The molecule has 0 heterocycles. The number of nitrogens with zero attached hydrogens (tertiary/aromatic N) is 2. The van der Waals surface area contributed by atoms with Gasteiger partial charge in [-0.1, -0.05) is 29.8 Å². The first-order valence-electron chi connectivity index (χ1n) is 7.49. The highest BCUT2D eigenvalue weighted by atomic mass is 32.2. The smallest absolute Gasteiger partial charge is 0.294 e. The summed E-state index contributed by atoms with van der Waals surface area (Å²) in [6, 6.07) is 12.6. The third-order valence-electron chi connectivity index (χ3n) is 3.23. The van der Waals surface area contributed by atoms with Crippen LogP contribution in [0.1, 0.15) is 5.56 Å². The topological polar surface area (TPSA) is 123 Å². The average molecular weight is 378 g/mol. The quantitative estimate of drug-likeness (QED) is 0.435. The van der Waals surface area contributed by atoms with Crippen molar-refractivity contribution in [3.8, 4) is 0 Å². The molecule has 0 aliphatic carbocycles. The van der Waals surface area contributed by atoms with Crippen molar-refractivity contribution < 1.29 is 22.9 Å². The summed E-state index contributed by atoms with van der Waals surface area (Å²) < 4.78 is 27.4. The second-order valence-electron chi connectivity index (χ2n) is 5.29. The van der Waals surface area contributed by atoms with Gasteiger partial charge in [0, 0.05) is 0 Å². The van der Waals surface area contributed by atoms with E-state index in [1.165, 1.54) is 31.4 Å². The third kappa shape index (κ3) is 5.18. The van der Waals surface area contributed by atoms with Gasteiger partial charge in [0.2, 0.25) is 0 Å². The summed E-state index contributed by atoms with van der Waals surface area (Å²) in [5, 5.41) is 16.7. The normalized spacial score (nSPS) is 11.7. The summed E-state index contributed by atoms with van der Waals surface area (Å²) in [5.41, 5.74) is 1.31. The van der Waals surface area contributed by atoms with E-state index < -0.39 is 22.5 Å². The van der Waals surface area contributed by atoms with Gasteiger partial charge in [0.25, 0.3) is 22.5 Å². The molecule has 0 aromatic heterocycles. The fraction of sp³-hybridized carbons (Fsp3) is 0.188. The summed E-state index contributed by atoms with van der Waals surface area (Å²) in [4.78, 5) is 16.3. The Morgan fingerprint density at radius 1 is 1.15 bits per heavy atom. The molecule has 0 radical (unpaired) electrons. The number of sulfonamides is 1. The summed E-state index contributed by atoms with van der Waals surface area (Å²) >= 11 is 0. The molecule has 0 bridgehead atoms. The Kier molecular flexibility index (Phi) is 6.12. The van der Waals surface area contributed by atoms with E-state index in [2.05, 4.69) is 20.2 Å². The highest BCUT2D eigenvalue weighted by Gasteiger charge is 2.17. The van der Waals surface area contributed by atoms with Crippen LogP contribution >= 0.6 is 0 Å². The van der Waals surface area contributed by atoms with Crippen molar-refractivity contribution in [3.05, 3.63) is 59.3 Å². The Morgan fingerprint density at radius 3 is 2.38 bits per heavy atom. The lowest BCUT2D eigenvalue weighted by Crippen LogP contribution is -2.23. The molecule has 2 aromatic rings. The van der Waals surface area contributed by atoms with Crippen molar-refractivity contribution in [1.29, 1.82) is 0 Å². The Hall–Kier alpha value is -3.14. The molecular formula is C16H18N4O5S. The molecule has 0 fully saturated rings. The van der Waals surface area contributed by atoms with Crippen LogP contribution in [0.25, 0.3) is 0 Å². The van der Waals surface area contributed by atoms with E-state index in [0.29, 0.717) is 0 Å². The Balaban J connectivity index is 2.19. The van der Waals surface area contributed by atoms with Gasteiger partial charge in [-0.2, -0.15) is 0 Å². The molecule has 10 heteroatoms. The molecule has 138 valence electrons. The molecular weight excluding hydrogens is 360 g/mol. The molecule has 2 aromatic carbocycles. The van der Waals surface area contributed by atoms with E-state index >= 15 is 0 Å². The molecule has 0 saturated heterocycles. The SMILES string of the molecule is CO/N=[N+](\[O-])CC(=O)Nc1ccccc1NS(=O)(=O)c1ccc(C)cc1. The minimum Gasteiger partial charge on any atom is -0.597 e. The van der Waals surface area contributed by atoms with Gasteiger partial charge in [-0.25, -0.2) is 8.42 Å². The van der Waals surface area contributed by atoms with E-state index in [-0.39, 0.29) is 21.1 Å². The maximum Gasteiger partial charge on any atom is 0.294 e. The molecule has 1 amide bonds. The fourth-order valence-electron chi connectivity index (χ4n) is 2.03. The van der Waals surface area contributed by atoms with Gasteiger partial charge < -0.3 is 15.4 Å². The van der Waals surface area contributed by atoms with Crippen LogP contribution in [0.4, 0.5) is 11.4 Å².